The number of nitrogens with zero attached hydrogens (tertiary/aromatic N) is 1. The first kappa shape index (κ1) is 12.9. The molecule has 5 heteroatoms. The largest absolute Gasteiger partial charge is 0.341 e. The van der Waals surface area contributed by atoms with Crippen molar-refractivity contribution in [3.63, 3.8) is 0 Å². The van der Waals surface area contributed by atoms with Crippen LogP contribution in [-0.4, -0.2) is 41.6 Å². The van der Waals surface area contributed by atoms with Gasteiger partial charge in [-0.3, -0.25) is 10.1 Å². The van der Waals surface area contributed by atoms with Gasteiger partial charge >= 0.3 is 0 Å². The summed E-state index contributed by atoms with van der Waals surface area (Å²) < 4.78 is 0. The number of carbonyl (C=O) groups is 1. The number of carbonyl (C=O) groups excluding carboxylic acids is 1. The second kappa shape index (κ2) is 5.89. The van der Waals surface area contributed by atoms with Crippen LogP contribution in [0.4, 0.5) is 0 Å². The summed E-state index contributed by atoms with van der Waals surface area (Å²) in [6, 6.07) is 4.46. The highest BCUT2D eigenvalue weighted by atomic mass is 32.2. The number of thiophene rings is 1. The van der Waals surface area contributed by atoms with Crippen molar-refractivity contribution in [2.75, 3.05) is 18.7 Å². The van der Waals surface area contributed by atoms with Crippen LogP contribution in [0, 0.1) is 0 Å². The Kier molecular flexibility index (Phi) is 4.48. The Hall–Kier alpha value is -0.520. The van der Waals surface area contributed by atoms with Gasteiger partial charge in [0, 0.05) is 36.0 Å². The Balaban J connectivity index is 1.89. The first-order valence-electron chi connectivity index (χ1n) is 5.78. The molecule has 0 aliphatic carbocycles. The lowest BCUT2D eigenvalue weighted by Gasteiger charge is -2.27. The molecule has 0 radical (unpaired) electrons. The third kappa shape index (κ3) is 3.24. The maximum absolute atomic E-state index is 12.2. The van der Waals surface area contributed by atoms with Gasteiger partial charge in [0.15, 0.2) is 0 Å². The summed E-state index contributed by atoms with van der Waals surface area (Å²) in [5, 5.41) is 5.31. The zero-order chi connectivity index (χ0) is 12.3. The van der Waals surface area contributed by atoms with Gasteiger partial charge in [-0.25, -0.2) is 0 Å². The van der Waals surface area contributed by atoms with Crippen LogP contribution >= 0.6 is 23.1 Å². The fourth-order valence-electron chi connectivity index (χ4n) is 1.87. The third-order valence-corrected chi connectivity index (χ3v) is 4.94. The summed E-state index contributed by atoms with van der Waals surface area (Å²) in [7, 11) is 1.91. The van der Waals surface area contributed by atoms with E-state index in [-0.39, 0.29) is 18.0 Å². The number of hydrogen-bond acceptors (Lipinski definition) is 4. The SMILES string of the molecule is CC(Cc1cccs1)N(C)C(=O)C1CSCN1. The van der Waals surface area contributed by atoms with E-state index < -0.39 is 0 Å². The zero-order valence-electron chi connectivity index (χ0n) is 10.2. The number of thioether (sulfide) groups is 1. The molecule has 3 nitrogen and oxygen atoms in total. The van der Waals surface area contributed by atoms with E-state index in [0.717, 1.165) is 18.1 Å². The number of likely N-dealkylation sites (N-methyl/N-ethyl adjacent to an activating group) is 1. The molecule has 1 aromatic rings. The zero-order valence-corrected chi connectivity index (χ0v) is 11.8. The van der Waals surface area contributed by atoms with E-state index >= 15 is 0 Å². The average molecular weight is 270 g/mol. The molecule has 94 valence electrons. The molecular formula is C12H18N2OS2. The van der Waals surface area contributed by atoms with Gasteiger partial charge in [0.05, 0.1) is 6.04 Å². The first-order chi connectivity index (χ1) is 8.18. The van der Waals surface area contributed by atoms with E-state index in [0.29, 0.717) is 0 Å². The normalized spacial score (nSPS) is 21.4. The Morgan fingerprint density at radius 1 is 1.71 bits per heavy atom. The van der Waals surface area contributed by atoms with E-state index in [1.807, 2.05) is 11.9 Å². The van der Waals surface area contributed by atoms with Crippen LogP contribution < -0.4 is 5.32 Å². The van der Waals surface area contributed by atoms with Crippen LogP contribution in [-0.2, 0) is 11.2 Å². The van der Waals surface area contributed by atoms with Crippen molar-refractivity contribution in [1.29, 1.82) is 0 Å². The monoisotopic (exact) mass is 270 g/mol. The molecule has 1 fully saturated rings. The lowest BCUT2D eigenvalue weighted by molar-refractivity contribution is -0.133. The van der Waals surface area contributed by atoms with Crippen LogP contribution in [0.5, 0.6) is 0 Å². The van der Waals surface area contributed by atoms with Crippen molar-refractivity contribution in [3.05, 3.63) is 22.4 Å². The van der Waals surface area contributed by atoms with Gasteiger partial charge in [-0.15, -0.1) is 23.1 Å². The van der Waals surface area contributed by atoms with Crippen molar-refractivity contribution in [2.45, 2.75) is 25.4 Å². The Labute approximate surface area is 111 Å². The summed E-state index contributed by atoms with van der Waals surface area (Å²) in [6.07, 6.45) is 0.944. The fraction of sp³-hybridized carbons (Fsp3) is 0.583. The van der Waals surface area contributed by atoms with Gasteiger partial charge in [-0.2, -0.15) is 0 Å². The molecule has 2 rings (SSSR count). The summed E-state index contributed by atoms with van der Waals surface area (Å²) in [4.78, 5) is 15.4. The number of rotatable bonds is 4. The molecule has 1 saturated heterocycles. The second-order valence-corrected chi connectivity index (χ2v) is 6.42. The molecule has 1 aliphatic rings. The quantitative estimate of drug-likeness (QED) is 0.905. The molecular weight excluding hydrogens is 252 g/mol. The van der Waals surface area contributed by atoms with E-state index in [2.05, 4.69) is 29.8 Å². The minimum atomic E-state index is 0.00999. The van der Waals surface area contributed by atoms with Gasteiger partial charge in [-0.1, -0.05) is 6.07 Å². The van der Waals surface area contributed by atoms with Crippen molar-refractivity contribution in [1.82, 2.24) is 10.2 Å². The molecule has 0 spiro atoms. The van der Waals surface area contributed by atoms with Crippen molar-refractivity contribution in [2.24, 2.45) is 0 Å². The van der Waals surface area contributed by atoms with E-state index in [4.69, 9.17) is 0 Å². The van der Waals surface area contributed by atoms with Crippen LogP contribution in [0.2, 0.25) is 0 Å². The van der Waals surface area contributed by atoms with Gasteiger partial charge in [0.1, 0.15) is 0 Å². The van der Waals surface area contributed by atoms with Crippen LogP contribution in [0.15, 0.2) is 17.5 Å². The van der Waals surface area contributed by atoms with E-state index in [1.54, 1.807) is 23.1 Å². The molecule has 1 aromatic heterocycles. The van der Waals surface area contributed by atoms with Crippen LogP contribution in [0.1, 0.15) is 11.8 Å². The molecule has 2 unspecified atom stereocenters. The molecule has 0 saturated carbocycles. The highest BCUT2D eigenvalue weighted by molar-refractivity contribution is 7.99. The van der Waals surface area contributed by atoms with Crippen molar-refractivity contribution < 1.29 is 4.79 Å². The molecule has 1 N–H and O–H groups in total. The fourth-order valence-corrected chi connectivity index (χ4v) is 3.63. The highest BCUT2D eigenvalue weighted by Gasteiger charge is 2.27. The second-order valence-electron chi connectivity index (χ2n) is 4.35. The molecule has 0 bridgehead atoms. The molecule has 1 aliphatic heterocycles. The van der Waals surface area contributed by atoms with Gasteiger partial charge in [0.25, 0.3) is 0 Å². The predicted octanol–water partition coefficient (Wildman–Crippen LogP) is 1.80. The van der Waals surface area contributed by atoms with Crippen LogP contribution in [0.25, 0.3) is 0 Å². The van der Waals surface area contributed by atoms with E-state index in [1.165, 1.54) is 4.88 Å². The Bertz CT molecular complexity index is 361. The standard InChI is InChI=1S/C12H18N2OS2/c1-9(6-10-4-3-5-17-10)14(2)12(15)11-7-16-8-13-11/h3-5,9,11,13H,6-8H2,1-2H3. The maximum Gasteiger partial charge on any atom is 0.240 e. The maximum atomic E-state index is 12.2. The van der Waals surface area contributed by atoms with Crippen molar-refractivity contribution in [3.8, 4) is 0 Å². The summed E-state index contributed by atoms with van der Waals surface area (Å²) >= 11 is 3.54. The third-order valence-electron chi connectivity index (χ3n) is 3.10. The molecule has 1 amide bonds. The van der Waals surface area contributed by atoms with Crippen LogP contribution in [0.3, 0.4) is 0 Å². The summed E-state index contributed by atoms with van der Waals surface area (Å²) in [5.74, 6) is 2.01. The Morgan fingerprint density at radius 2 is 2.53 bits per heavy atom. The van der Waals surface area contributed by atoms with Gasteiger partial charge < -0.3 is 4.90 Å². The summed E-state index contributed by atoms with van der Waals surface area (Å²) in [5.41, 5.74) is 0. The molecule has 2 atom stereocenters. The Morgan fingerprint density at radius 3 is 3.12 bits per heavy atom. The average Bonchev–Trinajstić information content (AvgIpc) is 2.99. The number of amides is 1. The molecule has 2 heterocycles. The number of nitrogens with one attached hydrogen (secondary N) is 1. The van der Waals surface area contributed by atoms with Gasteiger partial charge in [0.2, 0.25) is 5.91 Å². The minimum Gasteiger partial charge on any atom is -0.341 e. The minimum absolute atomic E-state index is 0.00999. The lowest BCUT2D eigenvalue weighted by Crippen LogP contribution is -2.47. The highest BCUT2D eigenvalue weighted by Crippen LogP contribution is 2.16. The first-order valence-corrected chi connectivity index (χ1v) is 7.82. The molecule has 0 aromatic carbocycles. The van der Waals surface area contributed by atoms with Gasteiger partial charge in [-0.05, 0) is 18.4 Å². The number of hydrogen-bond donors (Lipinski definition) is 1. The predicted molar refractivity (Wildman–Crippen MR) is 74.5 cm³/mol. The molecule has 17 heavy (non-hydrogen) atoms. The lowest BCUT2D eigenvalue weighted by atomic mass is 10.1. The summed E-state index contributed by atoms with van der Waals surface area (Å²) in [6.45, 7) is 2.11. The smallest absolute Gasteiger partial charge is 0.240 e. The van der Waals surface area contributed by atoms with E-state index in [9.17, 15) is 4.79 Å². The topological polar surface area (TPSA) is 32.3 Å². The van der Waals surface area contributed by atoms with Crippen molar-refractivity contribution >= 4 is 29.0 Å².